The van der Waals surface area contributed by atoms with Crippen LogP contribution in [0.15, 0.2) is 410 Å². The van der Waals surface area contributed by atoms with E-state index in [4.69, 9.17) is 40.0 Å². The van der Waals surface area contributed by atoms with Crippen molar-refractivity contribution in [2.24, 2.45) is 4.30 Å². The van der Waals surface area contributed by atoms with Crippen molar-refractivity contribution in [1.29, 1.82) is 15.8 Å². The summed E-state index contributed by atoms with van der Waals surface area (Å²) >= 11 is 9.75. The molecule has 12 nitrogen and oxygen atoms in total. The van der Waals surface area contributed by atoms with Crippen LogP contribution < -0.4 is 77.9 Å². The van der Waals surface area contributed by atoms with E-state index in [1.165, 1.54) is 70.5 Å². The number of halogens is 2. The maximum Gasteiger partial charge on any atom is 0 e. The number of nitriles is 3. The molecule has 0 aliphatic heterocycles. The van der Waals surface area contributed by atoms with Crippen molar-refractivity contribution >= 4 is 155 Å². The van der Waals surface area contributed by atoms with Crippen LogP contribution in [0.2, 0.25) is 6.82 Å². The molecule has 0 saturated heterocycles. The van der Waals surface area contributed by atoms with Crippen molar-refractivity contribution < 1.29 is 44.7 Å². The van der Waals surface area contributed by atoms with Crippen LogP contribution in [-0.2, 0) is 25.8 Å². The normalized spacial score (nSPS) is 9.77. The molecule has 22 heteroatoms. The maximum atomic E-state index is 8.70. The molecule has 3 aromatic heterocycles. The van der Waals surface area contributed by atoms with Gasteiger partial charge in [-0.1, -0.05) is 380 Å². The van der Waals surface area contributed by atoms with E-state index in [0.717, 1.165) is 15.6 Å². The number of pyridine rings is 3. The van der Waals surface area contributed by atoms with Gasteiger partial charge in [-0.2, -0.15) is 15.8 Å². The fourth-order valence-electron chi connectivity index (χ4n) is 11.3. The molecule has 15 rings (SSSR count). The van der Waals surface area contributed by atoms with Crippen molar-refractivity contribution in [2.45, 2.75) is 39.8 Å². The summed E-state index contributed by atoms with van der Waals surface area (Å²) in [6.45, 7) is 10.4. The van der Waals surface area contributed by atoms with E-state index in [1.54, 1.807) is 24.7 Å². The number of aromatic nitrogens is 3. The average molecular weight is 1900 g/mol. The summed E-state index contributed by atoms with van der Waals surface area (Å²) in [5.74, 6) is 1.65. The van der Waals surface area contributed by atoms with E-state index in [2.05, 4.69) is 436 Å². The minimum Gasteiger partial charge on any atom is -0.0622 e. The zero-order valence-electron chi connectivity index (χ0n) is 67.6. The molecule has 2 N–H and O–H groups in total. The largest absolute Gasteiger partial charge is 0.0622 e. The number of hydrogen-bond donors (Lipinski definition) is 3. The summed E-state index contributed by atoms with van der Waals surface area (Å²) in [5, 5.41) is 58.7. The molecule has 0 bridgehead atoms. The van der Waals surface area contributed by atoms with E-state index < -0.39 is 38.8 Å². The minimum absolute atomic E-state index is 0. The molecule has 0 fully saturated rings. The van der Waals surface area contributed by atoms with Crippen LogP contribution in [0.25, 0.3) is 0 Å². The Morgan fingerprint density at radius 1 is 0.355 bits per heavy atom. The van der Waals surface area contributed by atoms with Gasteiger partial charge in [0.1, 0.15) is 18.2 Å². The molecule has 0 aliphatic carbocycles. The van der Waals surface area contributed by atoms with Crippen LogP contribution in [0.3, 0.4) is 0 Å². The fraction of sp³-hybridized carbons (Fsp3) is 0.0909. The van der Waals surface area contributed by atoms with Crippen LogP contribution in [0.5, 0.6) is 17.2 Å². The molecule has 0 spiro atoms. The molecule has 0 aliphatic rings. The predicted molar refractivity (Wildman–Crippen MR) is 519 cm³/mol. The van der Waals surface area contributed by atoms with Gasteiger partial charge in [0.2, 0.25) is 0 Å². The van der Waals surface area contributed by atoms with E-state index in [9.17, 15) is 0 Å². The molecule has 3 heterocycles. The van der Waals surface area contributed by atoms with Crippen molar-refractivity contribution in [1.82, 2.24) is 15.0 Å². The first kappa shape index (κ1) is 99.3. The Balaban J connectivity index is 0.000000217. The van der Waals surface area contributed by atoms with E-state index >= 15 is 0 Å². The summed E-state index contributed by atoms with van der Waals surface area (Å²) in [5.41, 5.74) is 3.01. The van der Waals surface area contributed by atoms with Crippen LogP contribution in [0, 0.1) is 40.9 Å². The average Bonchev–Trinajstić information content (AvgIpc) is 0.831. The SMILES string of the molecule is CB(O)O.CCOc1cc(Br)cnc1C#N.CCOc1cc(C)cnc1C#N.CCOc1cc(CBr)cnc1C#N.[B]=NS.[Pd].c1ccc(P(c2ccccc2)c2ccccc2)cc1.c1ccc(P(c2ccccc2)c2ccccc2)cc1.c1ccc(P(c2ccccc2)c2ccccc2)cc1.c1ccc(P(c2ccccc2)c2ccccc2)cc1. The number of nitrogens with zero attached hydrogens (tertiary/aromatic N) is 7. The second kappa shape index (κ2) is 59.3. The van der Waals surface area contributed by atoms with Crippen LogP contribution in [0.4, 0.5) is 0 Å². The Morgan fingerprint density at radius 3 is 0.711 bits per heavy atom. The van der Waals surface area contributed by atoms with Gasteiger partial charge >= 0.3 is 31.9 Å². The molecule has 1 radical (unpaired) electrons. The second-order valence-electron chi connectivity index (χ2n) is 24.9. The number of aryl methyl sites for hydroxylation is 1. The van der Waals surface area contributed by atoms with Gasteiger partial charge in [0.25, 0.3) is 0 Å². The van der Waals surface area contributed by atoms with Gasteiger partial charge in [0.05, 0.1) is 19.8 Å². The zero-order valence-corrected chi connectivity index (χ0v) is 76.8. The summed E-state index contributed by atoms with van der Waals surface area (Å²) in [6.07, 6.45) is 4.89. The minimum atomic E-state index is -1.17. The summed E-state index contributed by atoms with van der Waals surface area (Å²) in [4.78, 5) is 11.8. The molecule has 121 heavy (non-hydrogen) atoms. The molecule has 12 aromatic carbocycles. The standard InChI is InChI=1S/4C18H15P.C9H9BrN2O.C9H10N2O.C8H7BrN2O.CH5BO2.BHNS.Pd/c4*1-4-10-16(11-5-1)19(17-12-6-2-7-13-17)18-14-8-3-9-15-18;1-2-13-9-3-7(4-10)6-12-8(9)5-11;1-3-12-9-4-7(2)6-11-8(9)5-10;1-2-12-8-3-6(9)5-11-7(8)4-10;1-2(3)4;1-2-3;/h4*1-15H;3,6H,2,4H2,1H3;4,6H,3H2,1-2H3;3,5H,2H2,1H3;3-4H,1H3;3H;. The maximum absolute atomic E-state index is 8.70. The van der Waals surface area contributed by atoms with Gasteiger partial charge in [0, 0.05) is 48.8 Å². The van der Waals surface area contributed by atoms with Crippen molar-refractivity contribution in [3.05, 3.63) is 433 Å². The van der Waals surface area contributed by atoms with Crippen molar-refractivity contribution in [3.8, 4) is 35.5 Å². The Bertz CT molecular complexity index is 4550. The van der Waals surface area contributed by atoms with Crippen LogP contribution in [-0.4, -0.2) is 59.6 Å². The smallest absolute Gasteiger partial charge is 0 e. The molecular formula is C99H92B2Br2N7O5P4PdS. The first-order valence-corrected chi connectivity index (χ1v) is 46.0. The Kier molecular flexibility index (Phi) is 48.6. The van der Waals surface area contributed by atoms with Crippen LogP contribution >= 0.6 is 76.4 Å². The van der Waals surface area contributed by atoms with E-state index in [-0.39, 0.29) is 20.4 Å². The summed E-state index contributed by atoms with van der Waals surface area (Å²) in [7, 11) is 1.39. The third-order valence-electron chi connectivity index (χ3n) is 16.3. The number of thiol groups is 1. The van der Waals surface area contributed by atoms with Crippen molar-refractivity contribution in [2.75, 3.05) is 19.8 Å². The monoisotopic (exact) mass is 1900 g/mol. The number of ether oxygens (including phenoxy) is 3. The van der Waals surface area contributed by atoms with Gasteiger partial charge in [-0.3, -0.25) is 0 Å². The third kappa shape index (κ3) is 35.2. The quantitative estimate of drug-likeness (QED) is 0.0302. The summed E-state index contributed by atoms with van der Waals surface area (Å²) in [6, 6.07) is 141. The number of benzene rings is 12. The topological polar surface area (TPSA) is 191 Å². The zero-order chi connectivity index (χ0) is 85.6. The molecule has 0 saturated carbocycles. The predicted octanol–water partition coefficient (Wildman–Crippen LogP) is 19.1. The first-order chi connectivity index (χ1) is 58.8. The van der Waals surface area contributed by atoms with Crippen molar-refractivity contribution in [3.63, 3.8) is 0 Å². The number of hydrogen-bond acceptors (Lipinski definition) is 13. The Morgan fingerprint density at radius 2 is 0.529 bits per heavy atom. The molecule has 15 aromatic rings. The van der Waals surface area contributed by atoms with Gasteiger partial charge in [0.15, 0.2) is 34.3 Å². The first-order valence-electron chi connectivity index (χ1n) is 38.3. The van der Waals surface area contributed by atoms with E-state index in [0.29, 0.717) is 59.5 Å². The molecule has 0 unspecified atom stereocenters. The van der Waals surface area contributed by atoms with Gasteiger partial charge in [-0.25, -0.2) is 15.0 Å². The molecular weight excluding hydrogens is 1810 g/mol. The molecule has 0 atom stereocenters. The third-order valence-corrected chi connectivity index (χ3v) is 27.1. The van der Waals surface area contributed by atoms with Crippen LogP contribution in [0.1, 0.15) is 49.0 Å². The number of rotatable bonds is 19. The fourth-order valence-corrected chi connectivity index (χ4v) is 21.1. The summed E-state index contributed by atoms with van der Waals surface area (Å²) < 4.78 is 19.2. The van der Waals surface area contributed by atoms with Gasteiger partial charge in [-0.05, 0) is 175 Å². The van der Waals surface area contributed by atoms with Gasteiger partial charge in [-0.15, -0.1) is 0 Å². The Labute approximate surface area is 756 Å². The molecule has 609 valence electrons. The second-order valence-corrected chi connectivity index (χ2v) is 35.5. The molecule has 0 amide bonds. The Hall–Kier alpha value is -10.5. The van der Waals surface area contributed by atoms with E-state index in [1.807, 2.05) is 58.0 Å². The van der Waals surface area contributed by atoms with Gasteiger partial charge < -0.3 is 24.3 Å². The number of alkyl halides is 1.